The number of carbonyl (C=O) groups is 4. The van der Waals surface area contributed by atoms with Gasteiger partial charge in [-0.25, -0.2) is 9.69 Å². The van der Waals surface area contributed by atoms with Crippen LogP contribution in [0.4, 0.5) is 10.5 Å². The molecule has 0 unspecified atom stereocenters. The average molecular weight is 386 g/mol. The molecule has 0 atom stereocenters. The van der Waals surface area contributed by atoms with Gasteiger partial charge in [0.2, 0.25) is 5.91 Å². The lowest BCUT2D eigenvalue weighted by Crippen LogP contribution is -2.38. The Morgan fingerprint density at radius 1 is 1.00 bits per heavy atom. The summed E-state index contributed by atoms with van der Waals surface area (Å²) in [7, 11) is 0. The van der Waals surface area contributed by atoms with Gasteiger partial charge in [0.15, 0.2) is 0 Å². The minimum absolute atomic E-state index is 0.0318. The molecule has 1 aliphatic rings. The second-order valence-electron chi connectivity index (χ2n) is 6.06. The number of urea groups is 1. The van der Waals surface area contributed by atoms with Crippen LogP contribution in [0.1, 0.15) is 11.1 Å². The maximum Gasteiger partial charge on any atom is 0.335 e. The number of aryl methyl sites for hydroxylation is 1. The molecule has 1 N–H and O–H groups in total. The van der Waals surface area contributed by atoms with Crippen LogP contribution in [0.25, 0.3) is 0 Å². The molecule has 7 nitrogen and oxygen atoms in total. The summed E-state index contributed by atoms with van der Waals surface area (Å²) in [6, 6.07) is 12.9. The SMILES string of the molecule is Cc1ccc(NC(=O)CN2C(=O)C(=O)N(Cc3ccccc3)C2=O)cc1Cl. The molecular weight excluding hydrogens is 370 g/mol. The van der Waals surface area contributed by atoms with Gasteiger partial charge in [-0.15, -0.1) is 0 Å². The first kappa shape index (κ1) is 18.6. The first-order valence-corrected chi connectivity index (χ1v) is 8.52. The number of hydrogen-bond donors (Lipinski definition) is 1. The maximum absolute atomic E-state index is 12.4. The molecule has 2 aromatic carbocycles. The Kier molecular flexibility index (Phi) is 5.23. The number of nitrogens with one attached hydrogen (secondary N) is 1. The highest BCUT2D eigenvalue weighted by Crippen LogP contribution is 2.20. The third kappa shape index (κ3) is 3.98. The number of anilines is 1. The van der Waals surface area contributed by atoms with Gasteiger partial charge in [-0.05, 0) is 30.2 Å². The van der Waals surface area contributed by atoms with Crippen LogP contribution in [-0.4, -0.2) is 40.1 Å². The zero-order valence-electron chi connectivity index (χ0n) is 14.4. The van der Waals surface area contributed by atoms with Crippen LogP contribution in [0.2, 0.25) is 5.02 Å². The van der Waals surface area contributed by atoms with Crippen LogP contribution in [0, 0.1) is 6.92 Å². The van der Waals surface area contributed by atoms with E-state index in [1.165, 1.54) is 0 Å². The van der Waals surface area contributed by atoms with Gasteiger partial charge in [0.1, 0.15) is 6.54 Å². The molecule has 27 heavy (non-hydrogen) atoms. The van der Waals surface area contributed by atoms with E-state index in [1.54, 1.807) is 48.5 Å². The number of benzene rings is 2. The summed E-state index contributed by atoms with van der Waals surface area (Å²) < 4.78 is 0. The van der Waals surface area contributed by atoms with Crippen molar-refractivity contribution in [3.05, 3.63) is 64.7 Å². The monoisotopic (exact) mass is 385 g/mol. The number of hydrogen-bond acceptors (Lipinski definition) is 4. The van der Waals surface area contributed by atoms with Crippen LogP contribution in [0.15, 0.2) is 48.5 Å². The predicted octanol–water partition coefficient (Wildman–Crippen LogP) is 2.58. The molecule has 0 bridgehead atoms. The molecule has 1 aliphatic heterocycles. The van der Waals surface area contributed by atoms with Gasteiger partial charge in [-0.3, -0.25) is 19.3 Å². The molecule has 5 amide bonds. The molecule has 8 heteroatoms. The zero-order chi connectivity index (χ0) is 19.6. The number of rotatable bonds is 5. The van der Waals surface area contributed by atoms with Crippen molar-refractivity contribution in [1.82, 2.24) is 9.80 Å². The van der Waals surface area contributed by atoms with E-state index in [9.17, 15) is 19.2 Å². The largest absolute Gasteiger partial charge is 0.335 e. The lowest BCUT2D eigenvalue weighted by Gasteiger charge is -2.15. The first-order valence-electron chi connectivity index (χ1n) is 8.14. The van der Waals surface area contributed by atoms with E-state index in [1.807, 2.05) is 6.92 Å². The molecule has 1 fully saturated rings. The third-order valence-electron chi connectivity index (χ3n) is 4.08. The fourth-order valence-electron chi connectivity index (χ4n) is 2.61. The summed E-state index contributed by atoms with van der Waals surface area (Å²) in [5, 5.41) is 3.04. The summed E-state index contributed by atoms with van der Waals surface area (Å²) in [6.45, 7) is 1.23. The van der Waals surface area contributed by atoms with Gasteiger partial charge >= 0.3 is 17.8 Å². The molecule has 0 aromatic heterocycles. The topological polar surface area (TPSA) is 86.8 Å². The summed E-state index contributed by atoms with van der Waals surface area (Å²) >= 11 is 6.01. The molecule has 2 aromatic rings. The van der Waals surface area contributed by atoms with Crippen LogP contribution in [0.5, 0.6) is 0 Å². The van der Waals surface area contributed by atoms with Gasteiger partial charge in [0, 0.05) is 10.7 Å². The van der Waals surface area contributed by atoms with Crippen molar-refractivity contribution in [2.75, 3.05) is 11.9 Å². The quantitative estimate of drug-likeness (QED) is 0.633. The van der Waals surface area contributed by atoms with E-state index in [2.05, 4.69) is 5.32 Å². The van der Waals surface area contributed by atoms with E-state index in [4.69, 9.17) is 11.6 Å². The molecule has 1 heterocycles. The average Bonchev–Trinajstić information content (AvgIpc) is 2.84. The van der Waals surface area contributed by atoms with Crippen molar-refractivity contribution >= 4 is 41.0 Å². The number of imide groups is 2. The molecule has 3 rings (SSSR count). The van der Waals surface area contributed by atoms with Crippen LogP contribution in [-0.2, 0) is 20.9 Å². The van der Waals surface area contributed by atoms with Gasteiger partial charge in [0.25, 0.3) is 0 Å². The molecular formula is C19H16ClN3O4. The molecule has 1 saturated heterocycles. The minimum atomic E-state index is -1.02. The highest BCUT2D eigenvalue weighted by atomic mass is 35.5. The molecule has 138 valence electrons. The van der Waals surface area contributed by atoms with E-state index in [-0.39, 0.29) is 6.54 Å². The van der Waals surface area contributed by atoms with Gasteiger partial charge in [-0.1, -0.05) is 48.0 Å². The highest BCUT2D eigenvalue weighted by molar-refractivity contribution is 6.45. The van der Waals surface area contributed by atoms with Crippen molar-refractivity contribution in [2.45, 2.75) is 13.5 Å². The van der Waals surface area contributed by atoms with Crippen LogP contribution in [0.3, 0.4) is 0 Å². The second-order valence-corrected chi connectivity index (χ2v) is 6.47. The minimum Gasteiger partial charge on any atom is -0.324 e. The Balaban J connectivity index is 1.68. The highest BCUT2D eigenvalue weighted by Gasteiger charge is 2.45. The van der Waals surface area contributed by atoms with Crippen molar-refractivity contribution < 1.29 is 19.2 Å². The van der Waals surface area contributed by atoms with Crippen molar-refractivity contribution in [3.63, 3.8) is 0 Å². The summed E-state index contributed by atoms with van der Waals surface area (Å²) in [5.41, 5.74) is 1.98. The lowest BCUT2D eigenvalue weighted by atomic mass is 10.2. The Morgan fingerprint density at radius 2 is 1.67 bits per heavy atom. The molecule has 0 radical (unpaired) electrons. The van der Waals surface area contributed by atoms with E-state index in [0.717, 1.165) is 10.5 Å². The van der Waals surface area contributed by atoms with Crippen molar-refractivity contribution in [3.8, 4) is 0 Å². The second kappa shape index (κ2) is 7.59. The van der Waals surface area contributed by atoms with Crippen molar-refractivity contribution in [1.29, 1.82) is 0 Å². The fourth-order valence-corrected chi connectivity index (χ4v) is 2.79. The number of amides is 5. The number of carbonyl (C=O) groups excluding carboxylic acids is 4. The molecule has 0 spiro atoms. The Morgan fingerprint density at radius 3 is 2.33 bits per heavy atom. The first-order chi connectivity index (χ1) is 12.9. The Bertz CT molecular complexity index is 930. The summed E-state index contributed by atoms with van der Waals surface area (Å²) in [5.74, 6) is -2.57. The van der Waals surface area contributed by atoms with Crippen LogP contribution >= 0.6 is 11.6 Å². The standard InChI is InChI=1S/C19H16ClN3O4/c1-12-7-8-14(9-15(12)20)21-16(24)11-23-18(26)17(25)22(19(23)27)10-13-5-3-2-4-6-13/h2-9H,10-11H2,1H3,(H,21,24). The smallest absolute Gasteiger partial charge is 0.324 e. The molecule has 0 saturated carbocycles. The number of halogens is 1. The summed E-state index contributed by atoms with van der Waals surface area (Å²) in [4.78, 5) is 50.3. The van der Waals surface area contributed by atoms with Gasteiger partial charge in [-0.2, -0.15) is 0 Å². The van der Waals surface area contributed by atoms with E-state index >= 15 is 0 Å². The van der Waals surface area contributed by atoms with Crippen LogP contribution < -0.4 is 5.32 Å². The summed E-state index contributed by atoms with van der Waals surface area (Å²) in [6.07, 6.45) is 0. The van der Waals surface area contributed by atoms with E-state index < -0.39 is 30.3 Å². The van der Waals surface area contributed by atoms with Gasteiger partial charge < -0.3 is 5.32 Å². The third-order valence-corrected chi connectivity index (χ3v) is 4.48. The van der Waals surface area contributed by atoms with E-state index in [0.29, 0.717) is 21.2 Å². The normalized spacial score (nSPS) is 14.1. The lowest BCUT2D eigenvalue weighted by molar-refractivity contribution is -0.143. The zero-order valence-corrected chi connectivity index (χ0v) is 15.2. The fraction of sp³-hybridized carbons (Fsp3) is 0.158. The predicted molar refractivity (Wildman–Crippen MR) is 98.9 cm³/mol. The Labute approximate surface area is 160 Å². The number of nitrogens with zero attached hydrogens (tertiary/aromatic N) is 2. The van der Waals surface area contributed by atoms with Crippen molar-refractivity contribution in [2.24, 2.45) is 0 Å². The molecule has 0 aliphatic carbocycles. The maximum atomic E-state index is 12.4. The Hall–Kier alpha value is -3.19. The van der Waals surface area contributed by atoms with Gasteiger partial charge in [0.05, 0.1) is 6.54 Å².